The lowest BCUT2D eigenvalue weighted by atomic mass is 10.0. The zero-order valence-corrected chi connectivity index (χ0v) is 19.3. The standard InChI is InChI=1S/C21H25BrN2O5S/c1-3-29-19-12-9-16(14-20(19)28-2)23-21(25)18-6-4-5-13-24(18)30(26,27)17-10-7-15(22)8-11-17/h7-12,14,18H,3-6,13H2,1-2H3,(H,23,25). The Morgan fingerprint density at radius 3 is 2.57 bits per heavy atom. The number of hydrogen-bond donors (Lipinski definition) is 1. The molecule has 2 aromatic carbocycles. The van der Waals surface area contributed by atoms with Gasteiger partial charge in [-0.2, -0.15) is 4.31 Å². The number of carbonyl (C=O) groups excluding carboxylic acids is 1. The SMILES string of the molecule is CCOc1ccc(NC(=O)C2CCCCN2S(=O)(=O)c2ccc(Br)cc2)cc1OC. The second-order valence-corrected chi connectivity index (χ2v) is 9.68. The number of hydrogen-bond acceptors (Lipinski definition) is 5. The van der Waals surface area contributed by atoms with Crippen LogP contribution in [0.25, 0.3) is 0 Å². The van der Waals surface area contributed by atoms with Crippen LogP contribution in [0.3, 0.4) is 0 Å². The highest BCUT2D eigenvalue weighted by Gasteiger charge is 2.37. The summed E-state index contributed by atoms with van der Waals surface area (Å²) in [5, 5.41) is 2.83. The van der Waals surface area contributed by atoms with Gasteiger partial charge in [0.2, 0.25) is 15.9 Å². The van der Waals surface area contributed by atoms with E-state index in [4.69, 9.17) is 9.47 Å². The van der Waals surface area contributed by atoms with Crippen molar-refractivity contribution in [3.63, 3.8) is 0 Å². The van der Waals surface area contributed by atoms with E-state index in [-0.39, 0.29) is 10.8 Å². The first-order valence-corrected chi connectivity index (χ1v) is 12.0. The van der Waals surface area contributed by atoms with E-state index < -0.39 is 16.1 Å². The van der Waals surface area contributed by atoms with E-state index >= 15 is 0 Å². The lowest BCUT2D eigenvalue weighted by Gasteiger charge is -2.33. The second-order valence-electron chi connectivity index (χ2n) is 6.87. The van der Waals surface area contributed by atoms with Crippen molar-refractivity contribution in [2.24, 2.45) is 0 Å². The first-order valence-electron chi connectivity index (χ1n) is 9.76. The Hall–Kier alpha value is -2.10. The monoisotopic (exact) mass is 496 g/mol. The molecule has 0 saturated carbocycles. The summed E-state index contributed by atoms with van der Waals surface area (Å²) in [6.07, 6.45) is 1.98. The topological polar surface area (TPSA) is 84.9 Å². The van der Waals surface area contributed by atoms with Crippen LogP contribution in [0.15, 0.2) is 51.8 Å². The van der Waals surface area contributed by atoms with Crippen molar-refractivity contribution in [3.05, 3.63) is 46.9 Å². The van der Waals surface area contributed by atoms with Crippen LogP contribution < -0.4 is 14.8 Å². The zero-order valence-electron chi connectivity index (χ0n) is 16.9. The molecule has 9 heteroatoms. The van der Waals surface area contributed by atoms with Crippen LogP contribution in [0.5, 0.6) is 11.5 Å². The molecule has 0 spiro atoms. The van der Waals surface area contributed by atoms with E-state index in [1.807, 2.05) is 6.92 Å². The van der Waals surface area contributed by atoms with E-state index in [2.05, 4.69) is 21.2 Å². The number of rotatable bonds is 7. The van der Waals surface area contributed by atoms with Gasteiger partial charge >= 0.3 is 0 Å². The Balaban J connectivity index is 1.82. The fourth-order valence-corrected chi connectivity index (χ4v) is 5.36. The zero-order chi connectivity index (χ0) is 21.7. The smallest absolute Gasteiger partial charge is 0.243 e. The molecule has 0 aromatic heterocycles. The molecule has 1 amide bonds. The van der Waals surface area contributed by atoms with Crippen molar-refractivity contribution < 1.29 is 22.7 Å². The summed E-state index contributed by atoms with van der Waals surface area (Å²) in [5.74, 6) is 0.717. The number of carbonyl (C=O) groups is 1. The van der Waals surface area contributed by atoms with Crippen molar-refractivity contribution >= 4 is 37.5 Å². The fraction of sp³-hybridized carbons (Fsp3) is 0.381. The van der Waals surface area contributed by atoms with Crippen LogP contribution in [0, 0.1) is 0 Å². The molecule has 1 unspecified atom stereocenters. The molecule has 1 atom stereocenters. The molecule has 0 radical (unpaired) electrons. The molecule has 1 fully saturated rings. The molecule has 1 aliphatic heterocycles. The van der Waals surface area contributed by atoms with Gasteiger partial charge in [-0.25, -0.2) is 8.42 Å². The Kier molecular flexibility index (Phi) is 7.38. The molecule has 1 N–H and O–H groups in total. The minimum atomic E-state index is -3.79. The van der Waals surface area contributed by atoms with Gasteiger partial charge in [-0.1, -0.05) is 22.4 Å². The van der Waals surface area contributed by atoms with Crippen molar-refractivity contribution in [2.45, 2.75) is 37.1 Å². The van der Waals surface area contributed by atoms with E-state index in [1.165, 1.54) is 11.4 Å². The van der Waals surface area contributed by atoms with Gasteiger partial charge < -0.3 is 14.8 Å². The molecule has 162 valence electrons. The highest BCUT2D eigenvalue weighted by molar-refractivity contribution is 9.10. The number of nitrogens with one attached hydrogen (secondary N) is 1. The maximum atomic E-state index is 13.2. The Morgan fingerprint density at radius 1 is 1.17 bits per heavy atom. The van der Waals surface area contributed by atoms with Crippen molar-refractivity contribution in [1.82, 2.24) is 4.31 Å². The lowest BCUT2D eigenvalue weighted by molar-refractivity contribution is -0.120. The van der Waals surface area contributed by atoms with Gasteiger partial charge in [0.15, 0.2) is 11.5 Å². The largest absolute Gasteiger partial charge is 0.493 e. The molecule has 1 aliphatic rings. The highest BCUT2D eigenvalue weighted by atomic mass is 79.9. The number of ether oxygens (including phenoxy) is 2. The number of nitrogens with zero attached hydrogens (tertiary/aromatic N) is 1. The van der Waals surface area contributed by atoms with Gasteiger partial charge in [-0.05, 0) is 56.2 Å². The summed E-state index contributed by atoms with van der Waals surface area (Å²) in [7, 11) is -2.26. The molecule has 0 aliphatic carbocycles. The minimum absolute atomic E-state index is 0.174. The number of benzene rings is 2. The number of piperidine rings is 1. The molecule has 3 rings (SSSR count). The van der Waals surface area contributed by atoms with Crippen LogP contribution in [0.4, 0.5) is 5.69 Å². The fourth-order valence-electron chi connectivity index (χ4n) is 3.44. The van der Waals surface area contributed by atoms with Crippen LogP contribution in [-0.2, 0) is 14.8 Å². The molecular formula is C21H25BrN2O5S. The molecule has 1 heterocycles. The number of amides is 1. The molecule has 1 saturated heterocycles. The van der Waals surface area contributed by atoms with Crippen LogP contribution in [0.2, 0.25) is 0 Å². The lowest BCUT2D eigenvalue weighted by Crippen LogP contribution is -2.49. The Labute approximate surface area is 185 Å². The van der Waals surface area contributed by atoms with Gasteiger partial charge in [0, 0.05) is 22.8 Å². The maximum Gasteiger partial charge on any atom is 0.243 e. The van der Waals surface area contributed by atoms with Crippen LogP contribution in [-0.4, -0.2) is 44.9 Å². The summed E-state index contributed by atoms with van der Waals surface area (Å²) in [5.41, 5.74) is 0.520. The third kappa shape index (κ3) is 4.96. The van der Waals surface area contributed by atoms with E-state index in [0.29, 0.717) is 36.8 Å². The van der Waals surface area contributed by atoms with E-state index in [0.717, 1.165) is 17.3 Å². The number of sulfonamides is 1. The number of methoxy groups -OCH3 is 1. The quantitative estimate of drug-likeness (QED) is 0.625. The molecule has 2 aromatic rings. The normalized spacial score (nSPS) is 17.4. The van der Waals surface area contributed by atoms with E-state index in [9.17, 15) is 13.2 Å². The molecule has 0 bridgehead atoms. The molecular weight excluding hydrogens is 472 g/mol. The Morgan fingerprint density at radius 2 is 1.90 bits per heavy atom. The summed E-state index contributed by atoms with van der Waals surface area (Å²) < 4.78 is 39.3. The average Bonchev–Trinajstić information content (AvgIpc) is 2.75. The molecule has 7 nitrogen and oxygen atoms in total. The number of halogens is 1. The third-order valence-corrected chi connectivity index (χ3v) is 7.36. The first-order chi connectivity index (χ1) is 14.4. The molecule has 30 heavy (non-hydrogen) atoms. The van der Waals surface area contributed by atoms with Gasteiger partial charge in [-0.3, -0.25) is 4.79 Å². The highest BCUT2D eigenvalue weighted by Crippen LogP contribution is 2.31. The second kappa shape index (κ2) is 9.80. The van der Waals surface area contributed by atoms with Gasteiger partial charge in [0.05, 0.1) is 18.6 Å². The summed E-state index contributed by atoms with van der Waals surface area (Å²) in [4.78, 5) is 13.2. The summed E-state index contributed by atoms with van der Waals surface area (Å²) in [6.45, 7) is 2.68. The maximum absolute atomic E-state index is 13.2. The Bertz CT molecular complexity index is 995. The van der Waals surface area contributed by atoms with Gasteiger partial charge in [0.1, 0.15) is 6.04 Å². The number of anilines is 1. The predicted octanol–water partition coefficient (Wildman–Crippen LogP) is 4.04. The van der Waals surface area contributed by atoms with Crippen molar-refractivity contribution in [3.8, 4) is 11.5 Å². The van der Waals surface area contributed by atoms with Gasteiger partial charge in [0.25, 0.3) is 0 Å². The predicted molar refractivity (Wildman–Crippen MR) is 118 cm³/mol. The van der Waals surface area contributed by atoms with Crippen LogP contribution in [0.1, 0.15) is 26.2 Å². The third-order valence-electron chi connectivity index (χ3n) is 4.91. The summed E-state index contributed by atoms with van der Waals surface area (Å²) >= 11 is 3.32. The van der Waals surface area contributed by atoms with Crippen molar-refractivity contribution in [2.75, 3.05) is 25.6 Å². The summed E-state index contributed by atoms with van der Waals surface area (Å²) in [6, 6.07) is 10.8. The first kappa shape index (κ1) is 22.6. The minimum Gasteiger partial charge on any atom is -0.493 e. The van der Waals surface area contributed by atoms with E-state index in [1.54, 1.807) is 42.5 Å². The van der Waals surface area contributed by atoms with Gasteiger partial charge in [-0.15, -0.1) is 0 Å². The average molecular weight is 497 g/mol. The van der Waals surface area contributed by atoms with Crippen molar-refractivity contribution in [1.29, 1.82) is 0 Å². The van der Waals surface area contributed by atoms with Crippen LogP contribution >= 0.6 is 15.9 Å².